The van der Waals surface area contributed by atoms with Gasteiger partial charge in [-0.3, -0.25) is 32.5 Å². The van der Waals surface area contributed by atoms with Gasteiger partial charge in [-0.15, -0.1) is 0 Å². The van der Waals surface area contributed by atoms with E-state index in [0.29, 0.717) is 19.3 Å². The van der Waals surface area contributed by atoms with Crippen LogP contribution >= 0.6 is 15.6 Å². The normalized spacial score (nSPS) is 15.1. The van der Waals surface area contributed by atoms with Gasteiger partial charge in [0.1, 0.15) is 25.4 Å². The number of allylic oxidation sites excluding steroid dienone is 24. The zero-order chi connectivity index (χ0) is 66.7. The maximum absolute atomic E-state index is 12.9. The lowest BCUT2D eigenvalue weighted by atomic mass is 10.1. The van der Waals surface area contributed by atoms with Crippen LogP contribution in [0.25, 0.3) is 0 Å². The van der Waals surface area contributed by atoms with Crippen molar-refractivity contribution < 1.29 is 75.8 Å². The summed E-state index contributed by atoms with van der Waals surface area (Å²) in [5.74, 6) is -1.64. The number of esters is 3. The Kier molecular flexibility index (Phi) is 62.2. The first-order chi connectivity index (χ1) is 44.2. The van der Waals surface area contributed by atoms with Crippen LogP contribution in [0.3, 0.4) is 0 Å². The van der Waals surface area contributed by atoms with E-state index in [1.54, 1.807) is 0 Å². The predicted octanol–water partition coefficient (Wildman–Crippen LogP) is 19.0. The summed E-state index contributed by atoms with van der Waals surface area (Å²) in [7, 11) is -9.80. The maximum atomic E-state index is 12.9. The lowest BCUT2D eigenvalue weighted by Gasteiger charge is -2.21. The molecular weight excluding hydrogens is 1190 g/mol. The average molecular weight is 1320 g/mol. The molecule has 0 spiro atoms. The molecule has 4 N–H and O–H groups in total. The van der Waals surface area contributed by atoms with E-state index in [1.165, 1.54) is 0 Å². The van der Waals surface area contributed by atoms with Gasteiger partial charge in [-0.1, -0.05) is 231 Å². The van der Waals surface area contributed by atoms with Gasteiger partial charge in [0.2, 0.25) is 0 Å². The molecule has 5 unspecified atom stereocenters. The first-order valence-electron chi connectivity index (χ1n) is 34.1. The van der Waals surface area contributed by atoms with Gasteiger partial charge in [0.15, 0.2) is 6.10 Å². The van der Waals surface area contributed by atoms with Crippen molar-refractivity contribution in [3.05, 3.63) is 146 Å². The van der Waals surface area contributed by atoms with E-state index in [1.807, 2.05) is 0 Å². The van der Waals surface area contributed by atoms with E-state index in [0.717, 1.165) is 180 Å². The van der Waals surface area contributed by atoms with Gasteiger partial charge < -0.3 is 34.2 Å². The molecule has 0 aliphatic heterocycles. The monoisotopic (exact) mass is 1310 g/mol. The summed E-state index contributed by atoms with van der Waals surface area (Å²) >= 11 is 0. The summed E-state index contributed by atoms with van der Waals surface area (Å²) in [5.41, 5.74) is 0. The van der Waals surface area contributed by atoms with Crippen molar-refractivity contribution in [2.75, 3.05) is 39.6 Å². The van der Waals surface area contributed by atoms with Crippen molar-refractivity contribution >= 4 is 33.6 Å². The van der Waals surface area contributed by atoms with Gasteiger partial charge in [0.25, 0.3) is 0 Å². The van der Waals surface area contributed by atoms with Crippen molar-refractivity contribution in [1.82, 2.24) is 0 Å². The number of phosphoric acid groups is 2. The molecule has 0 amide bonds. The van der Waals surface area contributed by atoms with Gasteiger partial charge in [0, 0.05) is 19.3 Å². The minimum Gasteiger partial charge on any atom is -0.463 e. The Hall–Kier alpha value is -4.57. The highest BCUT2D eigenvalue weighted by Crippen LogP contribution is 2.45. The molecule has 0 aromatic carbocycles. The van der Waals surface area contributed by atoms with Crippen LogP contribution in [0, 0.1) is 0 Å². The largest absolute Gasteiger partial charge is 0.472 e. The highest BCUT2D eigenvalue weighted by atomic mass is 31.2. The SMILES string of the molecule is CC/C=C\C/C=C\C/C=C\C/C=C\C/C=C\CCCCCCCCCC(=O)OCC(O)COP(=O)(O)OCC(O)COP(=O)(O)OCC(COC(=O)CCCCCC/C=C\C/C=C\C/C=C\C/C=C\CC)OC(=O)CCCCCCC/C=C\C/C=C\C/C=C\CC. The molecule has 0 bridgehead atoms. The molecule has 0 aliphatic rings. The minimum absolute atomic E-state index is 0.0743. The molecule has 0 saturated heterocycles. The smallest absolute Gasteiger partial charge is 0.463 e. The fraction of sp³-hybridized carbons (Fsp3) is 0.630. The Morgan fingerprint density at radius 1 is 0.308 bits per heavy atom. The van der Waals surface area contributed by atoms with Crippen LogP contribution in [0.4, 0.5) is 0 Å². The molecule has 0 rings (SSSR count). The number of unbranched alkanes of at least 4 members (excludes halogenated alkanes) is 16. The lowest BCUT2D eigenvalue weighted by molar-refractivity contribution is -0.161. The predicted molar refractivity (Wildman–Crippen MR) is 371 cm³/mol. The van der Waals surface area contributed by atoms with Crippen LogP contribution in [0.1, 0.15) is 239 Å². The van der Waals surface area contributed by atoms with Crippen LogP contribution < -0.4 is 0 Å². The minimum atomic E-state index is -4.94. The van der Waals surface area contributed by atoms with Crippen molar-refractivity contribution in [2.24, 2.45) is 0 Å². The van der Waals surface area contributed by atoms with Crippen LogP contribution in [0.5, 0.6) is 0 Å². The summed E-state index contributed by atoms with van der Waals surface area (Å²) in [6.45, 7) is 2.24. The van der Waals surface area contributed by atoms with Crippen LogP contribution in [-0.4, -0.2) is 95.9 Å². The quantitative estimate of drug-likeness (QED) is 0.0146. The van der Waals surface area contributed by atoms with Gasteiger partial charge in [-0.05, 0) is 135 Å². The van der Waals surface area contributed by atoms with Gasteiger partial charge in [-0.2, -0.15) is 0 Å². The Labute approximate surface area is 549 Å². The topological polar surface area (TPSA) is 231 Å². The standard InChI is InChI=1S/C73H120O16P2/c1-4-7-10-13-16-19-22-25-28-30-31-32-33-34-35-37-40-41-44-47-50-53-56-59-71(76)83-62-68(74)63-85-90(79,80)86-64-69(75)65-87-91(81,82)88-67-70(89-73(78)61-58-55-52-49-46-43-38-27-24-21-18-15-12-9-6-3)66-84-72(77)60-57-54-51-48-45-42-39-36-29-26-23-20-17-14-11-8-5-2/h7-12,16-21,25-29,31-32,34-35,38-39,42,68-70,74-75H,4-6,13-15,22-24,30,33,36-37,40-41,43-67H2,1-3H3,(H,79,80)(H,81,82)/b10-7-,11-8-,12-9-,19-16-,20-17-,21-18-,28-25-,29-26-,32-31-,35-34-,38-27-,42-39-. The Morgan fingerprint density at radius 3 is 0.868 bits per heavy atom. The van der Waals surface area contributed by atoms with Gasteiger partial charge in [0.05, 0.1) is 26.4 Å². The molecular formula is C73H120O16P2. The molecule has 16 nitrogen and oxygen atoms in total. The van der Waals surface area contributed by atoms with Crippen molar-refractivity contribution in [2.45, 2.75) is 257 Å². The highest BCUT2D eigenvalue weighted by molar-refractivity contribution is 7.47. The van der Waals surface area contributed by atoms with Gasteiger partial charge >= 0.3 is 33.6 Å². The molecule has 0 saturated carbocycles. The number of carbonyl (C=O) groups excluding carboxylic acids is 3. The molecule has 0 fully saturated rings. The van der Waals surface area contributed by atoms with Crippen LogP contribution in [-0.2, 0) is 55.8 Å². The number of hydrogen-bond donors (Lipinski definition) is 4. The van der Waals surface area contributed by atoms with E-state index in [-0.39, 0.29) is 19.3 Å². The number of ether oxygens (including phenoxy) is 3. The third-order valence-corrected chi connectivity index (χ3v) is 15.4. The van der Waals surface area contributed by atoms with E-state index in [2.05, 4.69) is 167 Å². The molecule has 0 aromatic rings. The highest BCUT2D eigenvalue weighted by Gasteiger charge is 2.29. The molecule has 0 aromatic heterocycles. The Morgan fingerprint density at radius 2 is 0.549 bits per heavy atom. The van der Waals surface area contributed by atoms with E-state index in [9.17, 15) is 43.5 Å². The molecule has 0 radical (unpaired) electrons. The zero-order valence-corrected chi connectivity index (χ0v) is 57.7. The fourth-order valence-electron chi connectivity index (χ4n) is 8.42. The van der Waals surface area contributed by atoms with Crippen LogP contribution in [0.2, 0.25) is 0 Å². The molecule has 518 valence electrons. The van der Waals surface area contributed by atoms with E-state index in [4.69, 9.17) is 32.3 Å². The third-order valence-electron chi connectivity index (χ3n) is 13.5. The first kappa shape index (κ1) is 86.4. The molecule has 91 heavy (non-hydrogen) atoms. The van der Waals surface area contributed by atoms with Crippen molar-refractivity contribution in [3.63, 3.8) is 0 Å². The first-order valence-corrected chi connectivity index (χ1v) is 37.1. The Bertz CT molecular complexity index is 2240. The third kappa shape index (κ3) is 66.7. The second kappa shape index (κ2) is 65.5. The second-order valence-electron chi connectivity index (χ2n) is 22.2. The summed E-state index contributed by atoms with van der Waals surface area (Å²) in [5, 5.41) is 20.6. The molecule has 5 atom stereocenters. The summed E-state index contributed by atoms with van der Waals surface area (Å²) < 4.78 is 60.8. The molecule has 0 heterocycles. The van der Waals surface area contributed by atoms with Crippen LogP contribution in [0.15, 0.2) is 146 Å². The number of phosphoric ester groups is 2. The lowest BCUT2D eigenvalue weighted by Crippen LogP contribution is -2.30. The zero-order valence-electron chi connectivity index (χ0n) is 56.0. The van der Waals surface area contributed by atoms with E-state index < -0.39 is 91.5 Å². The summed E-state index contributed by atoms with van der Waals surface area (Å²) in [4.78, 5) is 58.4. The Balaban J connectivity index is 4.67. The van der Waals surface area contributed by atoms with Crippen molar-refractivity contribution in [1.29, 1.82) is 0 Å². The number of carbonyl (C=O) groups is 3. The second-order valence-corrected chi connectivity index (χ2v) is 25.1. The number of hydrogen-bond acceptors (Lipinski definition) is 14. The summed E-state index contributed by atoms with van der Waals surface area (Å²) in [6, 6.07) is 0. The van der Waals surface area contributed by atoms with E-state index >= 15 is 0 Å². The van der Waals surface area contributed by atoms with Gasteiger partial charge in [-0.25, -0.2) is 9.13 Å². The molecule has 0 aliphatic carbocycles. The van der Waals surface area contributed by atoms with Crippen molar-refractivity contribution in [3.8, 4) is 0 Å². The number of aliphatic hydroxyl groups is 2. The fourth-order valence-corrected chi connectivity index (χ4v) is 10.0. The number of rotatable bonds is 63. The average Bonchev–Trinajstić information content (AvgIpc) is 3.63. The maximum Gasteiger partial charge on any atom is 0.472 e. The molecule has 18 heteroatoms. The summed E-state index contributed by atoms with van der Waals surface area (Å²) in [6.07, 6.45) is 77.5. The number of aliphatic hydroxyl groups excluding tert-OH is 2.